The Bertz CT molecular complexity index is 311. The van der Waals surface area contributed by atoms with Crippen LogP contribution in [0.2, 0.25) is 0 Å². The molecule has 0 bridgehead atoms. The number of carbonyl (C=O) groups is 2. The van der Waals surface area contributed by atoms with Crippen molar-refractivity contribution in [1.29, 1.82) is 0 Å². The van der Waals surface area contributed by atoms with Crippen molar-refractivity contribution in [2.75, 3.05) is 7.05 Å². The normalized spacial score (nSPS) is 8.07. The fourth-order valence-corrected chi connectivity index (χ4v) is 0.654. The molecule has 0 aliphatic carbocycles. The number of benzene rings is 1. The van der Waals surface area contributed by atoms with Crippen LogP contribution in [0.15, 0.2) is 24.3 Å². The first kappa shape index (κ1) is 12.0. The van der Waals surface area contributed by atoms with E-state index in [2.05, 4.69) is 5.32 Å². The Kier molecular flexibility index (Phi) is 5.53. The van der Waals surface area contributed by atoms with Gasteiger partial charge in [-0.15, -0.1) is 0 Å². The van der Waals surface area contributed by atoms with Gasteiger partial charge in [-0.05, 0) is 12.1 Å². The molecule has 3 N–H and O–H groups in total. The van der Waals surface area contributed by atoms with Gasteiger partial charge in [0.2, 0.25) is 6.41 Å². The molecule has 0 aliphatic heterocycles. The number of aromatic hydroxyl groups is 1. The van der Waals surface area contributed by atoms with Gasteiger partial charge in [-0.2, -0.15) is 0 Å². The number of para-hydroxylation sites is 1. The van der Waals surface area contributed by atoms with Crippen molar-refractivity contribution in [3.05, 3.63) is 29.8 Å². The van der Waals surface area contributed by atoms with Crippen molar-refractivity contribution in [1.82, 2.24) is 5.32 Å². The molecule has 0 spiro atoms. The topological polar surface area (TPSA) is 86.6 Å². The molecule has 1 amide bonds. The molecule has 1 rings (SSSR count). The highest BCUT2D eigenvalue weighted by Crippen LogP contribution is 2.14. The van der Waals surface area contributed by atoms with Crippen LogP contribution >= 0.6 is 0 Å². The second-order valence-corrected chi connectivity index (χ2v) is 2.23. The average molecular weight is 197 g/mol. The van der Waals surface area contributed by atoms with Crippen molar-refractivity contribution < 1.29 is 19.8 Å². The zero-order chi connectivity index (χ0) is 11.0. The summed E-state index contributed by atoms with van der Waals surface area (Å²) in [5, 5.41) is 19.6. The Hall–Kier alpha value is -2.04. The number of phenols is 1. The third-order valence-corrected chi connectivity index (χ3v) is 1.25. The predicted octanol–water partition coefficient (Wildman–Crippen LogP) is 0.453. The molecule has 0 heterocycles. The molecule has 0 fully saturated rings. The lowest BCUT2D eigenvalue weighted by molar-refractivity contribution is -0.109. The van der Waals surface area contributed by atoms with Crippen LogP contribution in [0, 0.1) is 0 Å². The third-order valence-electron chi connectivity index (χ3n) is 1.25. The van der Waals surface area contributed by atoms with Crippen molar-refractivity contribution in [2.24, 2.45) is 0 Å². The second kappa shape index (κ2) is 6.47. The second-order valence-electron chi connectivity index (χ2n) is 2.23. The van der Waals surface area contributed by atoms with Crippen molar-refractivity contribution in [3.8, 4) is 5.75 Å². The van der Waals surface area contributed by atoms with Gasteiger partial charge in [0.05, 0.1) is 0 Å². The van der Waals surface area contributed by atoms with Gasteiger partial charge in [-0.25, -0.2) is 4.79 Å². The monoisotopic (exact) mass is 197 g/mol. The maximum atomic E-state index is 10.3. The number of carboxylic acid groups (broad SMARTS) is 1. The maximum absolute atomic E-state index is 10.3. The van der Waals surface area contributed by atoms with E-state index in [1.165, 1.54) is 12.1 Å². The zero-order valence-electron chi connectivity index (χ0n) is 7.60. The standard InChI is InChI=1S/C7H6O3.C2H5NO/c8-6-4-2-1-3-5(6)7(9)10;1-3-2-4/h1-4,8H,(H,9,10);2H,1H3,(H,3,4). The molecule has 14 heavy (non-hydrogen) atoms. The van der Waals surface area contributed by atoms with E-state index < -0.39 is 5.97 Å². The SMILES string of the molecule is CNC=O.O=C(O)c1ccccc1O. The van der Waals surface area contributed by atoms with Gasteiger partial charge in [-0.1, -0.05) is 12.1 Å². The minimum absolute atomic E-state index is 0.0671. The molecule has 1 aromatic carbocycles. The average Bonchev–Trinajstić information content (AvgIpc) is 2.18. The van der Waals surface area contributed by atoms with E-state index >= 15 is 0 Å². The van der Waals surface area contributed by atoms with Gasteiger partial charge in [0, 0.05) is 7.05 Å². The van der Waals surface area contributed by atoms with E-state index in [1.807, 2.05) is 0 Å². The molecule has 0 unspecified atom stereocenters. The molecule has 0 aromatic heterocycles. The fourth-order valence-electron chi connectivity index (χ4n) is 0.654. The Morgan fingerprint density at radius 1 is 1.43 bits per heavy atom. The number of hydrogen-bond donors (Lipinski definition) is 3. The largest absolute Gasteiger partial charge is 0.507 e. The lowest BCUT2D eigenvalue weighted by atomic mass is 10.2. The van der Waals surface area contributed by atoms with Crippen LogP contribution < -0.4 is 5.32 Å². The first-order valence-corrected chi connectivity index (χ1v) is 3.75. The number of rotatable bonds is 2. The zero-order valence-corrected chi connectivity index (χ0v) is 7.60. The van der Waals surface area contributed by atoms with E-state index in [4.69, 9.17) is 15.0 Å². The van der Waals surface area contributed by atoms with Crippen LogP contribution in [-0.4, -0.2) is 29.6 Å². The summed E-state index contributed by atoms with van der Waals surface area (Å²) >= 11 is 0. The van der Waals surface area contributed by atoms with Gasteiger partial charge >= 0.3 is 5.97 Å². The van der Waals surface area contributed by atoms with Gasteiger partial charge in [0.25, 0.3) is 0 Å². The molecule has 5 heteroatoms. The van der Waals surface area contributed by atoms with Crippen LogP contribution in [0.3, 0.4) is 0 Å². The molecule has 0 atom stereocenters. The Labute approximate surface area is 81.0 Å². The van der Waals surface area contributed by atoms with Gasteiger partial charge in [0.15, 0.2) is 0 Å². The summed E-state index contributed by atoms with van der Waals surface area (Å²) < 4.78 is 0. The fraction of sp³-hybridized carbons (Fsp3) is 0.111. The third kappa shape index (κ3) is 4.10. The van der Waals surface area contributed by atoms with Crippen molar-refractivity contribution in [3.63, 3.8) is 0 Å². The number of aromatic carboxylic acids is 1. The predicted molar refractivity (Wildman–Crippen MR) is 50.2 cm³/mol. The number of hydrogen-bond acceptors (Lipinski definition) is 3. The van der Waals surface area contributed by atoms with Crippen LogP contribution in [-0.2, 0) is 4.79 Å². The van der Waals surface area contributed by atoms with Crippen LogP contribution in [0.4, 0.5) is 0 Å². The molecule has 0 aliphatic rings. The first-order valence-electron chi connectivity index (χ1n) is 3.75. The molecule has 0 saturated heterocycles. The number of carbonyl (C=O) groups excluding carboxylic acids is 1. The summed E-state index contributed by atoms with van der Waals surface area (Å²) in [6.07, 6.45) is 0.625. The van der Waals surface area contributed by atoms with E-state index in [0.29, 0.717) is 6.41 Å². The highest BCUT2D eigenvalue weighted by atomic mass is 16.4. The maximum Gasteiger partial charge on any atom is 0.339 e. The number of amides is 1. The van der Waals surface area contributed by atoms with Crippen molar-refractivity contribution >= 4 is 12.4 Å². The van der Waals surface area contributed by atoms with Gasteiger partial charge in [0.1, 0.15) is 11.3 Å². The van der Waals surface area contributed by atoms with E-state index in [1.54, 1.807) is 19.2 Å². The summed E-state index contributed by atoms with van der Waals surface area (Å²) in [6.45, 7) is 0. The highest BCUT2D eigenvalue weighted by Gasteiger charge is 2.05. The van der Waals surface area contributed by atoms with Gasteiger partial charge < -0.3 is 15.5 Å². The van der Waals surface area contributed by atoms with Crippen LogP contribution in [0.25, 0.3) is 0 Å². The van der Waals surface area contributed by atoms with E-state index in [-0.39, 0.29) is 11.3 Å². The van der Waals surface area contributed by atoms with E-state index in [0.717, 1.165) is 0 Å². The lowest BCUT2D eigenvalue weighted by Crippen LogP contribution is -1.98. The van der Waals surface area contributed by atoms with Crippen molar-refractivity contribution in [2.45, 2.75) is 0 Å². The summed E-state index contributed by atoms with van der Waals surface area (Å²) in [4.78, 5) is 19.3. The molecule has 0 radical (unpaired) electrons. The lowest BCUT2D eigenvalue weighted by Gasteiger charge is -1.95. The van der Waals surface area contributed by atoms with Crippen LogP contribution in [0.1, 0.15) is 10.4 Å². The Morgan fingerprint density at radius 3 is 2.21 bits per heavy atom. The molecular weight excluding hydrogens is 186 g/mol. The Balaban J connectivity index is 0.000000364. The summed E-state index contributed by atoms with van der Waals surface area (Å²) in [5.41, 5.74) is -0.0671. The highest BCUT2D eigenvalue weighted by molar-refractivity contribution is 5.90. The molecular formula is C9H11NO4. The molecule has 1 aromatic rings. The summed E-state index contributed by atoms with van der Waals surface area (Å²) in [6, 6.07) is 5.81. The Morgan fingerprint density at radius 2 is 1.93 bits per heavy atom. The minimum Gasteiger partial charge on any atom is -0.507 e. The quantitative estimate of drug-likeness (QED) is 0.601. The smallest absolute Gasteiger partial charge is 0.339 e. The molecule has 76 valence electrons. The van der Waals surface area contributed by atoms with Gasteiger partial charge in [-0.3, -0.25) is 4.79 Å². The minimum atomic E-state index is -1.11. The molecule has 5 nitrogen and oxygen atoms in total. The first-order chi connectivity index (χ1) is 6.63. The summed E-state index contributed by atoms with van der Waals surface area (Å²) in [7, 11) is 1.56. The van der Waals surface area contributed by atoms with Crippen LogP contribution in [0.5, 0.6) is 5.75 Å². The molecule has 0 saturated carbocycles. The number of nitrogens with one attached hydrogen (secondary N) is 1. The summed E-state index contributed by atoms with van der Waals surface area (Å²) in [5.74, 6) is -1.31. The van der Waals surface area contributed by atoms with E-state index in [9.17, 15) is 4.79 Å². The number of carboxylic acids is 1.